The van der Waals surface area contributed by atoms with Crippen LogP contribution in [0.25, 0.3) is 11.0 Å². The average molecular weight is 192 g/mol. The summed E-state index contributed by atoms with van der Waals surface area (Å²) in [6.07, 6.45) is 0. The van der Waals surface area contributed by atoms with Crippen LogP contribution in [-0.4, -0.2) is 22.2 Å². The Balaban J connectivity index is 2.52. The average Bonchev–Trinajstić information content (AvgIpc) is 2.60. The van der Waals surface area contributed by atoms with Crippen molar-refractivity contribution in [3.05, 3.63) is 29.6 Å². The monoisotopic (exact) mass is 192 g/mol. The maximum atomic E-state index is 9.09. The molecular formula is C10H12N2O2. The third-order valence-electron chi connectivity index (χ3n) is 2.10. The summed E-state index contributed by atoms with van der Waals surface area (Å²) in [5.41, 5.74) is 2.59. The number of H-pyrrole nitrogens is 1. The van der Waals surface area contributed by atoms with Gasteiger partial charge in [0, 0.05) is 12.7 Å². The minimum Gasteiger partial charge on any atom is -0.392 e. The molecule has 0 aliphatic heterocycles. The van der Waals surface area contributed by atoms with Crippen molar-refractivity contribution in [1.29, 1.82) is 0 Å². The second-order valence-corrected chi connectivity index (χ2v) is 3.09. The highest BCUT2D eigenvalue weighted by atomic mass is 16.5. The zero-order valence-corrected chi connectivity index (χ0v) is 7.95. The lowest BCUT2D eigenvalue weighted by atomic mass is 10.2. The van der Waals surface area contributed by atoms with Crippen molar-refractivity contribution in [3.8, 4) is 0 Å². The number of methoxy groups -OCH3 is 1. The minimum absolute atomic E-state index is 0.00855. The SMILES string of the molecule is COCc1nc2c(CO)cccc2[nH]1. The van der Waals surface area contributed by atoms with Crippen molar-refractivity contribution < 1.29 is 9.84 Å². The van der Waals surface area contributed by atoms with Gasteiger partial charge in [0.15, 0.2) is 0 Å². The molecule has 0 aliphatic carbocycles. The maximum Gasteiger partial charge on any atom is 0.133 e. The van der Waals surface area contributed by atoms with Gasteiger partial charge in [0.2, 0.25) is 0 Å². The van der Waals surface area contributed by atoms with E-state index < -0.39 is 0 Å². The molecule has 4 heteroatoms. The zero-order valence-electron chi connectivity index (χ0n) is 7.95. The first-order valence-electron chi connectivity index (χ1n) is 4.41. The standard InChI is InChI=1S/C10H12N2O2/c1-14-6-9-11-8-4-2-3-7(5-13)10(8)12-9/h2-4,13H,5-6H2,1H3,(H,11,12). The fourth-order valence-electron chi connectivity index (χ4n) is 1.48. The second kappa shape index (κ2) is 3.77. The van der Waals surface area contributed by atoms with E-state index in [9.17, 15) is 0 Å². The molecule has 0 atom stereocenters. The largest absolute Gasteiger partial charge is 0.392 e. The van der Waals surface area contributed by atoms with E-state index in [1.54, 1.807) is 7.11 Å². The summed E-state index contributed by atoms with van der Waals surface area (Å²) in [5.74, 6) is 0.781. The summed E-state index contributed by atoms with van der Waals surface area (Å²) in [6, 6.07) is 5.68. The van der Waals surface area contributed by atoms with E-state index in [1.165, 1.54) is 0 Å². The number of aliphatic hydroxyl groups is 1. The van der Waals surface area contributed by atoms with Crippen LogP contribution in [0.2, 0.25) is 0 Å². The topological polar surface area (TPSA) is 58.1 Å². The van der Waals surface area contributed by atoms with Crippen molar-refractivity contribution in [3.63, 3.8) is 0 Å². The van der Waals surface area contributed by atoms with Gasteiger partial charge in [-0.25, -0.2) is 4.98 Å². The van der Waals surface area contributed by atoms with Gasteiger partial charge in [-0.05, 0) is 6.07 Å². The molecule has 4 nitrogen and oxygen atoms in total. The number of fused-ring (bicyclic) bond motifs is 1. The normalized spacial score (nSPS) is 11.0. The molecule has 0 saturated heterocycles. The van der Waals surface area contributed by atoms with Crippen LogP contribution in [0.5, 0.6) is 0 Å². The molecule has 0 saturated carbocycles. The molecule has 2 aromatic rings. The predicted octanol–water partition coefficient (Wildman–Crippen LogP) is 1.20. The number of hydrogen-bond acceptors (Lipinski definition) is 3. The van der Waals surface area contributed by atoms with Crippen LogP contribution < -0.4 is 0 Å². The highest BCUT2D eigenvalue weighted by Crippen LogP contribution is 2.16. The molecule has 1 aromatic carbocycles. The van der Waals surface area contributed by atoms with E-state index in [1.807, 2.05) is 18.2 Å². The molecule has 1 aromatic heterocycles. The van der Waals surface area contributed by atoms with E-state index in [0.717, 1.165) is 22.4 Å². The number of rotatable bonds is 3. The van der Waals surface area contributed by atoms with E-state index in [-0.39, 0.29) is 6.61 Å². The Labute approximate surface area is 81.5 Å². The third kappa shape index (κ3) is 1.49. The lowest BCUT2D eigenvalue weighted by molar-refractivity contribution is 0.179. The molecule has 0 aliphatic rings. The number of aromatic nitrogens is 2. The van der Waals surface area contributed by atoms with Gasteiger partial charge in [0.25, 0.3) is 0 Å². The van der Waals surface area contributed by atoms with Gasteiger partial charge in [0.05, 0.1) is 17.6 Å². The van der Waals surface area contributed by atoms with Gasteiger partial charge in [0.1, 0.15) is 12.4 Å². The predicted molar refractivity (Wildman–Crippen MR) is 52.7 cm³/mol. The summed E-state index contributed by atoms with van der Waals surface area (Å²) >= 11 is 0. The van der Waals surface area contributed by atoms with Crippen molar-refractivity contribution in [1.82, 2.24) is 9.97 Å². The maximum absolute atomic E-state index is 9.09. The first-order valence-corrected chi connectivity index (χ1v) is 4.41. The van der Waals surface area contributed by atoms with E-state index in [0.29, 0.717) is 6.61 Å². The van der Waals surface area contributed by atoms with Gasteiger partial charge in [-0.3, -0.25) is 0 Å². The molecule has 0 radical (unpaired) electrons. The molecule has 14 heavy (non-hydrogen) atoms. The van der Waals surface area contributed by atoms with Crippen molar-refractivity contribution in [2.75, 3.05) is 7.11 Å². The Morgan fingerprint density at radius 1 is 1.50 bits per heavy atom. The fourth-order valence-corrected chi connectivity index (χ4v) is 1.48. The smallest absolute Gasteiger partial charge is 0.133 e. The molecule has 0 spiro atoms. The Kier molecular flexibility index (Phi) is 2.47. The molecule has 2 N–H and O–H groups in total. The molecular weight excluding hydrogens is 180 g/mol. The molecule has 0 amide bonds. The Morgan fingerprint density at radius 2 is 2.36 bits per heavy atom. The Hall–Kier alpha value is -1.39. The van der Waals surface area contributed by atoms with Gasteiger partial charge in [-0.2, -0.15) is 0 Å². The number of nitrogens with zero attached hydrogens (tertiary/aromatic N) is 1. The lowest BCUT2D eigenvalue weighted by Crippen LogP contribution is -1.89. The first-order chi connectivity index (χ1) is 6.85. The van der Waals surface area contributed by atoms with Crippen LogP contribution in [0.15, 0.2) is 18.2 Å². The van der Waals surface area contributed by atoms with E-state index >= 15 is 0 Å². The molecule has 0 unspecified atom stereocenters. The van der Waals surface area contributed by atoms with Crippen LogP contribution in [0.4, 0.5) is 0 Å². The number of ether oxygens (including phenoxy) is 1. The van der Waals surface area contributed by atoms with Gasteiger partial charge in [-0.15, -0.1) is 0 Å². The van der Waals surface area contributed by atoms with Crippen molar-refractivity contribution in [2.24, 2.45) is 0 Å². The number of aromatic amines is 1. The number of hydrogen-bond donors (Lipinski definition) is 2. The van der Waals surface area contributed by atoms with Crippen LogP contribution in [-0.2, 0) is 18.0 Å². The number of para-hydroxylation sites is 1. The molecule has 74 valence electrons. The molecule has 0 fully saturated rings. The van der Waals surface area contributed by atoms with Gasteiger partial charge >= 0.3 is 0 Å². The molecule has 1 heterocycles. The molecule has 2 rings (SSSR count). The number of imidazole rings is 1. The van der Waals surface area contributed by atoms with Crippen LogP contribution in [0.1, 0.15) is 11.4 Å². The minimum atomic E-state index is 0.00855. The van der Waals surface area contributed by atoms with Crippen LogP contribution in [0, 0.1) is 0 Å². The third-order valence-corrected chi connectivity index (χ3v) is 2.10. The fraction of sp³-hybridized carbons (Fsp3) is 0.300. The first kappa shape index (κ1) is 9.18. The van der Waals surface area contributed by atoms with Crippen molar-refractivity contribution >= 4 is 11.0 Å². The molecule has 0 bridgehead atoms. The number of benzene rings is 1. The van der Waals surface area contributed by atoms with Crippen molar-refractivity contribution in [2.45, 2.75) is 13.2 Å². The quantitative estimate of drug-likeness (QED) is 0.768. The van der Waals surface area contributed by atoms with Gasteiger partial charge in [-0.1, -0.05) is 12.1 Å². The Bertz CT molecular complexity index is 437. The highest BCUT2D eigenvalue weighted by Gasteiger charge is 2.05. The summed E-state index contributed by atoms with van der Waals surface area (Å²) in [4.78, 5) is 7.46. The highest BCUT2D eigenvalue weighted by molar-refractivity contribution is 5.78. The summed E-state index contributed by atoms with van der Waals surface area (Å²) in [5, 5.41) is 9.09. The summed E-state index contributed by atoms with van der Waals surface area (Å²) in [7, 11) is 1.63. The van der Waals surface area contributed by atoms with E-state index in [4.69, 9.17) is 9.84 Å². The summed E-state index contributed by atoms with van der Waals surface area (Å²) in [6.45, 7) is 0.466. The summed E-state index contributed by atoms with van der Waals surface area (Å²) < 4.78 is 4.97. The second-order valence-electron chi connectivity index (χ2n) is 3.09. The lowest BCUT2D eigenvalue weighted by Gasteiger charge is -1.94. The Morgan fingerprint density at radius 3 is 3.07 bits per heavy atom. The van der Waals surface area contributed by atoms with Crippen LogP contribution >= 0.6 is 0 Å². The van der Waals surface area contributed by atoms with Crippen LogP contribution in [0.3, 0.4) is 0 Å². The zero-order chi connectivity index (χ0) is 9.97. The van der Waals surface area contributed by atoms with E-state index in [2.05, 4.69) is 9.97 Å². The number of nitrogens with one attached hydrogen (secondary N) is 1. The van der Waals surface area contributed by atoms with Gasteiger partial charge < -0.3 is 14.8 Å². The number of aliphatic hydroxyl groups excluding tert-OH is 1.